The quantitative estimate of drug-likeness (QED) is 0.308. The van der Waals surface area contributed by atoms with Crippen molar-refractivity contribution in [1.82, 2.24) is 0 Å². The second-order valence-corrected chi connectivity index (χ2v) is 8.12. The van der Waals surface area contributed by atoms with E-state index in [0.29, 0.717) is 5.75 Å². The van der Waals surface area contributed by atoms with E-state index < -0.39 is 14.9 Å². The molecule has 0 aliphatic rings. The molecule has 0 radical (unpaired) electrons. The molecule has 3 aromatic carbocycles. The maximum absolute atomic E-state index is 13.1. The molecule has 0 spiro atoms. The Morgan fingerprint density at radius 2 is 1.74 bits per heavy atom. The fraction of sp³-hybridized carbons (Fsp3) is 0.0952. The topological polar surface area (TPSA) is 123 Å². The Morgan fingerprint density at radius 3 is 2.45 bits per heavy atom. The Morgan fingerprint density at radius 1 is 1.03 bits per heavy atom. The largest absolute Gasteiger partial charge is 0.495 e. The zero-order valence-corrected chi connectivity index (χ0v) is 17.6. The van der Waals surface area contributed by atoms with E-state index in [1.165, 1.54) is 25.3 Å². The lowest BCUT2D eigenvalue weighted by atomic mass is 10.1. The molecule has 0 aromatic heterocycles. The molecule has 0 bridgehead atoms. The van der Waals surface area contributed by atoms with Crippen LogP contribution in [0.25, 0.3) is 0 Å². The monoisotopic (exact) mass is 440 g/mol. The van der Waals surface area contributed by atoms with Gasteiger partial charge in [0.15, 0.2) is 0 Å². The van der Waals surface area contributed by atoms with Crippen molar-refractivity contribution >= 4 is 33.3 Å². The van der Waals surface area contributed by atoms with Gasteiger partial charge in [-0.2, -0.15) is 5.10 Å². The predicted molar refractivity (Wildman–Crippen MR) is 119 cm³/mol. The standard InChI is InChI=1S/C21H20N4O5S/c1-15-7-3-4-8-16(15)14-22-23-19-12-11-17(25(26)27)13-21(19)31(28,29)24-18-9-5-6-10-20(18)30-2/h3-14,23-24H,1-2H3. The number of methoxy groups -OCH3 is 1. The molecule has 0 heterocycles. The van der Waals surface area contributed by atoms with Gasteiger partial charge in [0.05, 0.1) is 29.6 Å². The highest BCUT2D eigenvalue weighted by molar-refractivity contribution is 7.93. The molecule has 2 N–H and O–H groups in total. The summed E-state index contributed by atoms with van der Waals surface area (Å²) >= 11 is 0. The highest BCUT2D eigenvalue weighted by atomic mass is 32.2. The molecule has 3 rings (SSSR count). The lowest BCUT2D eigenvalue weighted by Crippen LogP contribution is -2.15. The summed E-state index contributed by atoms with van der Waals surface area (Å²) in [5.74, 6) is 0.309. The number of hydrogen-bond acceptors (Lipinski definition) is 7. The van der Waals surface area contributed by atoms with E-state index in [4.69, 9.17) is 4.74 Å². The number of nitro groups is 1. The Kier molecular flexibility index (Phi) is 6.51. The van der Waals surface area contributed by atoms with Crippen molar-refractivity contribution in [2.24, 2.45) is 5.10 Å². The number of benzene rings is 3. The summed E-state index contributed by atoms with van der Waals surface area (Å²) in [5.41, 5.74) is 4.42. The first-order chi connectivity index (χ1) is 14.8. The number of rotatable bonds is 8. The van der Waals surface area contributed by atoms with E-state index in [2.05, 4.69) is 15.2 Å². The SMILES string of the molecule is COc1ccccc1NS(=O)(=O)c1cc([N+](=O)[O-])ccc1NN=Cc1ccccc1C. The smallest absolute Gasteiger partial charge is 0.270 e. The average molecular weight is 440 g/mol. The lowest BCUT2D eigenvalue weighted by Gasteiger charge is -2.14. The molecule has 0 unspecified atom stereocenters. The number of nitro benzene ring substituents is 1. The van der Waals surface area contributed by atoms with Crippen LogP contribution < -0.4 is 14.9 Å². The number of para-hydroxylation sites is 2. The third kappa shape index (κ3) is 5.17. The molecule has 10 heteroatoms. The van der Waals surface area contributed by atoms with Crippen LogP contribution in [-0.2, 0) is 10.0 Å². The number of hydrogen-bond donors (Lipinski definition) is 2. The number of nitrogens with one attached hydrogen (secondary N) is 2. The molecular formula is C21H20N4O5S. The molecule has 0 aliphatic heterocycles. The van der Waals surface area contributed by atoms with Gasteiger partial charge in [0, 0.05) is 12.1 Å². The van der Waals surface area contributed by atoms with Crippen LogP contribution in [0, 0.1) is 17.0 Å². The Labute approximate surface area is 179 Å². The molecule has 0 saturated carbocycles. The number of nitrogens with zero attached hydrogens (tertiary/aromatic N) is 2. The van der Waals surface area contributed by atoms with Crippen molar-refractivity contribution in [3.05, 3.63) is 88.0 Å². The van der Waals surface area contributed by atoms with Crippen molar-refractivity contribution in [2.75, 3.05) is 17.3 Å². The van der Waals surface area contributed by atoms with Gasteiger partial charge in [0.2, 0.25) is 0 Å². The van der Waals surface area contributed by atoms with Gasteiger partial charge in [-0.3, -0.25) is 20.3 Å². The Bertz CT molecular complexity index is 1240. The molecule has 0 saturated heterocycles. The van der Waals surface area contributed by atoms with E-state index >= 15 is 0 Å². The highest BCUT2D eigenvalue weighted by Gasteiger charge is 2.23. The van der Waals surface area contributed by atoms with Crippen LogP contribution in [0.15, 0.2) is 76.7 Å². The summed E-state index contributed by atoms with van der Waals surface area (Å²) in [6.07, 6.45) is 1.54. The van der Waals surface area contributed by atoms with Crippen molar-refractivity contribution in [3.8, 4) is 5.75 Å². The van der Waals surface area contributed by atoms with Gasteiger partial charge >= 0.3 is 0 Å². The van der Waals surface area contributed by atoms with E-state index in [9.17, 15) is 18.5 Å². The van der Waals surface area contributed by atoms with Gasteiger partial charge in [-0.1, -0.05) is 36.4 Å². The Hall–Kier alpha value is -3.92. The predicted octanol–water partition coefficient (Wildman–Crippen LogP) is 4.16. The van der Waals surface area contributed by atoms with Gasteiger partial charge in [-0.15, -0.1) is 0 Å². The zero-order chi connectivity index (χ0) is 22.4. The summed E-state index contributed by atoms with van der Waals surface area (Å²) in [6, 6.07) is 17.4. The number of sulfonamides is 1. The average Bonchev–Trinajstić information content (AvgIpc) is 2.75. The summed E-state index contributed by atoms with van der Waals surface area (Å²) in [7, 11) is -2.80. The molecular weight excluding hydrogens is 420 g/mol. The van der Waals surface area contributed by atoms with Crippen molar-refractivity contribution < 1.29 is 18.1 Å². The third-order valence-corrected chi connectivity index (χ3v) is 5.80. The Balaban J connectivity index is 1.98. The highest BCUT2D eigenvalue weighted by Crippen LogP contribution is 2.31. The van der Waals surface area contributed by atoms with Crippen LogP contribution in [0.4, 0.5) is 17.1 Å². The van der Waals surface area contributed by atoms with E-state index in [1.54, 1.807) is 24.4 Å². The summed E-state index contributed by atoms with van der Waals surface area (Å²) in [6.45, 7) is 1.92. The molecule has 31 heavy (non-hydrogen) atoms. The second-order valence-electron chi connectivity index (χ2n) is 6.47. The van der Waals surface area contributed by atoms with Gasteiger partial charge in [-0.05, 0) is 36.2 Å². The molecule has 0 atom stereocenters. The minimum Gasteiger partial charge on any atom is -0.495 e. The van der Waals surface area contributed by atoms with E-state index in [1.807, 2.05) is 31.2 Å². The van der Waals surface area contributed by atoms with Crippen molar-refractivity contribution in [3.63, 3.8) is 0 Å². The van der Waals surface area contributed by atoms with Crippen LogP contribution in [0.5, 0.6) is 5.75 Å². The van der Waals surface area contributed by atoms with Crippen LogP contribution in [0.3, 0.4) is 0 Å². The number of ether oxygens (including phenoxy) is 1. The van der Waals surface area contributed by atoms with Crippen molar-refractivity contribution in [2.45, 2.75) is 11.8 Å². The maximum Gasteiger partial charge on any atom is 0.270 e. The first-order valence-electron chi connectivity index (χ1n) is 9.11. The molecule has 9 nitrogen and oxygen atoms in total. The third-order valence-electron chi connectivity index (χ3n) is 4.39. The number of non-ortho nitro benzene ring substituents is 1. The first kappa shape index (κ1) is 21.8. The number of anilines is 2. The van der Waals surface area contributed by atoms with Crippen molar-refractivity contribution in [1.29, 1.82) is 0 Å². The minimum atomic E-state index is -4.21. The number of hydrazone groups is 1. The molecule has 0 fully saturated rings. The van der Waals surface area contributed by atoms with E-state index in [-0.39, 0.29) is 22.0 Å². The molecule has 0 aliphatic carbocycles. The fourth-order valence-electron chi connectivity index (χ4n) is 2.77. The van der Waals surface area contributed by atoms with Gasteiger partial charge < -0.3 is 4.74 Å². The molecule has 160 valence electrons. The van der Waals surface area contributed by atoms with Crippen LogP contribution in [0.2, 0.25) is 0 Å². The fourth-order valence-corrected chi connectivity index (χ4v) is 4.02. The van der Waals surface area contributed by atoms with Gasteiger partial charge in [0.1, 0.15) is 10.6 Å². The zero-order valence-electron chi connectivity index (χ0n) is 16.8. The summed E-state index contributed by atoms with van der Waals surface area (Å²) in [4.78, 5) is 10.2. The summed E-state index contributed by atoms with van der Waals surface area (Å²) in [5, 5.41) is 15.3. The number of aryl methyl sites for hydroxylation is 1. The van der Waals surface area contributed by atoms with Gasteiger partial charge in [0.25, 0.3) is 15.7 Å². The van der Waals surface area contributed by atoms with Crippen LogP contribution in [-0.4, -0.2) is 26.7 Å². The minimum absolute atomic E-state index is 0.0813. The maximum atomic E-state index is 13.1. The van der Waals surface area contributed by atoms with Gasteiger partial charge in [-0.25, -0.2) is 8.42 Å². The first-order valence-corrected chi connectivity index (χ1v) is 10.6. The second kappa shape index (κ2) is 9.26. The van der Waals surface area contributed by atoms with Crippen LogP contribution in [0.1, 0.15) is 11.1 Å². The van der Waals surface area contributed by atoms with Crippen LogP contribution >= 0.6 is 0 Å². The molecule has 0 amide bonds. The normalized spacial score (nSPS) is 11.3. The molecule has 3 aromatic rings. The summed E-state index contributed by atoms with van der Waals surface area (Å²) < 4.78 is 33.7. The lowest BCUT2D eigenvalue weighted by molar-refractivity contribution is -0.385. The van der Waals surface area contributed by atoms with E-state index in [0.717, 1.165) is 17.2 Å².